The minimum absolute atomic E-state index is 0.0890. The number of nitrogens with zero attached hydrogens (tertiary/aromatic N) is 1. The van der Waals surface area contributed by atoms with Crippen LogP contribution in [0.25, 0.3) is 0 Å². The van der Waals surface area contributed by atoms with Gasteiger partial charge in [0.1, 0.15) is 11.5 Å². The quantitative estimate of drug-likeness (QED) is 0.532. The van der Waals surface area contributed by atoms with Crippen LogP contribution in [0.2, 0.25) is 0 Å². The second-order valence-corrected chi connectivity index (χ2v) is 7.66. The molecule has 0 unspecified atom stereocenters. The number of nitrogens with one attached hydrogen (secondary N) is 2. The number of amides is 1. The first kappa shape index (κ1) is 20.7. The molecule has 6 nitrogen and oxygen atoms in total. The monoisotopic (exact) mass is 411 g/mol. The first-order valence-electron chi connectivity index (χ1n) is 9.32. The van der Waals surface area contributed by atoms with Gasteiger partial charge in [-0.25, -0.2) is 4.98 Å². The molecule has 0 radical (unpaired) electrons. The number of carbonyl (C=O) groups is 1. The topological polar surface area (TPSA) is 72.5 Å². The first-order valence-corrected chi connectivity index (χ1v) is 10.2. The number of carbonyl (C=O) groups excluding carboxylic acids is 1. The lowest BCUT2D eigenvalue weighted by Crippen LogP contribution is -2.16. The van der Waals surface area contributed by atoms with Crippen molar-refractivity contribution >= 4 is 33.8 Å². The number of benzene rings is 2. The van der Waals surface area contributed by atoms with E-state index in [-0.39, 0.29) is 12.3 Å². The number of ether oxygens (including phenoxy) is 2. The fourth-order valence-corrected chi connectivity index (χ4v) is 3.67. The Morgan fingerprint density at radius 2 is 1.90 bits per heavy atom. The van der Waals surface area contributed by atoms with Crippen molar-refractivity contribution in [2.24, 2.45) is 0 Å². The highest BCUT2D eigenvalue weighted by Crippen LogP contribution is 2.32. The molecule has 3 aromatic rings. The highest BCUT2D eigenvalue weighted by Gasteiger charge is 2.13. The van der Waals surface area contributed by atoms with E-state index in [1.807, 2.05) is 47.8 Å². The smallest absolute Gasteiger partial charge is 0.230 e. The van der Waals surface area contributed by atoms with E-state index < -0.39 is 0 Å². The van der Waals surface area contributed by atoms with Crippen molar-refractivity contribution in [1.29, 1.82) is 0 Å². The molecule has 0 aliphatic heterocycles. The van der Waals surface area contributed by atoms with E-state index in [4.69, 9.17) is 9.47 Å². The van der Waals surface area contributed by atoms with Crippen LogP contribution in [0.5, 0.6) is 11.5 Å². The largest absolute Gasteiger partial charge is 0.497 e. The van der Waals surface area contributed by atoms with E-state index in [9.17, 15) is 4.79 Å². The average Bonchev–Trinajstić information content (AvgIpc) is 3.14. The lowest BCUT2D eigenvalue weighted by Gasteiger charge is -2.13. The lowest BCUT2D eigenvalue weighted by atomic mass is 10.0. The lowest BCUT2D eigenvalue weighted by molar-refractivity contribution is -0.115. The number of methoxy groups -OCH3 is 2. The van der Waals surface area contributed by atoms with Gasteiger partial charge in [0.2, 0.25) is 5.91 Å². The third-order valence-electron chi connectivity index (χ3n) is 4.40. The van der Waals surface area contributed by atoms with Gasteiger partial charge < -0.3 is 20.1 Å². The van der Waals surface area contributed by atoms with Gasteiger partial charge in [-0.15, -0.1) is 11.3 Å². The fourth-order valence-electron chi connectivity index (χ4n) is 2.95. The molecule has 0 fully saturated rings. The average molecular weight is 412 g/mol. The molecule has 1 aromatic heterocycles. The number of hydrogen-bond acceptors (Lipinski definition) is 6. The predicted molar refractivity (Wildman–Crippen MR) is 118 cm³/mol. The molecule has 7 heteroatoms. The van der Waals surface area contributed by atoms with Crippen LogP contribution in [-0.2, 0) is 11.2 Å². The molecule has 0 bridgehead atoms. The van der Waals surface area contributed by atoms with Gasteiger partial charge in [-0.3, -0.25) is 4.79 Å². The Kier molecular flexibility index (Phi) is 6.72. The van der Waals surface area contributed by atoms with Crippen molar-refractivity contribution < 1.29 is 14.3 Å². The van der Waals surface area contributed by atoms with Gasteiger partial charge in [-0.2, -0.15) is 0 Å². The number of anilines is 3. The van der Waals surface area contributed by atoms with Gasteiger partial charge >= 0.3 is 0 Å². The van der Waals surface area contributed by atoms with Crippen molar-refractivity contribution in [2.75, 3.05) is 24.9 Å². The van der Waals surface area contributed by atoms with E-state index in [2.05, 4.69) is 29.5 Å². The van der Waals surface area contributed by atoms with Crippen LogP contribution in [-0.4, -0.2) is 25.1 Å². The van der Waals surface area contributed by atoms with E-state index in [0.29, 0.717) is 28.2 Å². The second-order valence-electron chi connectivity index (χ2n) is 6.80. The van der Waals surface area contributed by atoms with Gasteiger partial charge in [0.15, 0.2) is 5.13 Å². The Balaban J connectivity index is 1.67. The molecule has 1 heterocycles. The molecular weight excluding hydrogens is 386 g/mol. The Hall–Kier alpha value is -3.06. The number of rotatable bonds is 8. The van der Waals surface area contributed by atoms with Crippen LogP contribution in [0, 0.1) is 0 Å². The van der Waals surface area contributed by atoms with Gasteiger partial charge in [-0.05, 0) is 29.7 Å². The number of para-hydroxylation sites is 1. The Morgan fingerprint density at radius 1 is 1.10 bits per heavy atom. The fraction of sp³-hybridized carbons (Fsp3) is 0.273. The molecule has 0 saturated heterocycles. The molecule has 0 saturated carbocycles. The van der Waals surface area contributed by atoms with Crippen LogP contribution in [0.1, 0.15) is 31.0 Å². The molecule has 1 amide bonds. The van der Waals surface area contributed by atoms with Crippen LogP contribution in [0.4, 0.5) is 16.5 Å². The van der Waals surface area contributed by atoms with E-state index >= 15 is 0 Å². The Bertz CT molecular complexity index is 985. The van der Waals surface area contributed by atoms with Crippen molar-refractivity contribution in [2.45, 2.75) is 26.2 Å². The van der Waals surface area contributed by atoms with Crippen LogP contribution >= 0.6 is 11.3 Å². The SMILES string of the molecule is COc1ccc(OC)c(Nc2nc(CC(=O)Nc3ccccc3C(C)C)cs2)c1. The molecule has 3 rings (SSSR count). The van der Waals surface area contributed by atoms with Crippen LogP contribution in [0.15, 0.2) is 47.8 Å². The number of hydrogen-bond donors (Lipinski definition) is 2. The van der Waals surface area contributed by atoms with Crippen molar-refractivity contribution in [3.63, 3.8) is 0 Å². The summed E-state index contributed by atoms with van der Waals surface area (Å²) in [5, 5.41) is 8.80. The Morgan fingerprint density at radius 3 is 2.62 bits per heavy atom. The summed E-state index contributed by atoms with van der Waals surface area (Å²) in [6.45, 7) is 4.21. The summed E-state index contributed by atoms with van der Waals surface area (Å²) >= 11 is 1.43. The van der Waals surface area contributed by atoms with Gasteiger partial charge in [0, 0.05) is 17.1 Å². The first-order chi connectivity index (χ1) is 14.0. The molecule has 0 atom stereocenters. The molecule has 29 heavy (non-hydrogen) atoms. The molecule has 0 aliphatic carbocycles. The predicted octanol–water partition coefficient (Wildman–Crippen LogP) is 5.21. The summed E-state index contributed by atoms with van der Waals surface area (Å²) < 4.78 is 10.6. The molecule has 2 aromatic carbocycles. The summed E-state index contributed by atoms with van der Waals surface area (Å²) in [6, 6.07) is 13.4. The third-order valence-corrected chi connectivity index (χ3v) is 5.21. The Labute approximate surface area is 174 Å². The summed E-state index contributed by atoms with van der Waals surface area (Å²) in [6.07, 6.45) is 0.208. The van der Waals surface area contributed by atoms with Gasteiger partial charge in [0.05, 0.1) is 32.0 Å². The summed E-state index contributed by atoms with van der Waals surface area (Å²) in [5.74, 6) is 1.65. The van der Waals surface area contributed by atoms with Crippen LogP contribution < -0.4 is 20.1 Å². The molecular formula is C22H25N3O3S. The van der Waals surface area contributed by atoms with Crippen molar-refractivity contribution in [1.82, 2.24) is 4.98 Å². The standard InChI is InChI=1S/C22H25N3O3S/c1-14(2)17-7-5-6-8-18(17)24-21(26)11-15-13-29-22(23-15)25-19-12-16(27-3)9-10-20(19)28-4/h5-10,12-14H,11H2,1-4H3,(H,23,25)(H,24,26). The van der Waals surface area contributed by atoms with Crippen molar-refractivity contribution in [3.05, 3.63) is 59.1 Å². The number of thiazole rings is 1. The maximum absolute atomic E-state index is 12.5. The summed E-state index contributed by atoms with van der Waals surface area (Å²) in [7, 11) is 3.22. The van der Waals surface area contributed by atoms with Crippen LogP contribution in [0.3, 0.4) is 0 Å². The minimum Gasteiger partial charge on any atom is -0.497 e. The molecule has 0 aliphatic rings. The van der Waals surface area contributed by atoms with E-state index in [1.54, 1.807) is 14.2 Å². The normalized spacial score (nSPS) is 10.7. The second kappa shape index (κ2) is 9.43. The zero-order valence-electron chi connectivity index (χ0n) is 17.0. The van der Waals surface area contributed by atoms with Crippen molar-refractivity contribution in [3.8, 4) is 11.5 Å². The summed E-state index contributed by atoms with van der Waals surface area (Å²) in [4.78, 5) is 17.0. The van der Waals surface area contributed by atoms with E-state index in [1.165, 1.54) is 11.3 Å². The van der Waals surface area contributed by atoms with Gasteiger partial charge in [0.25, 0.3) is 0 Å². The highest BCUT2D eigenvalue weighted by molar-refractivity contribution is 7.13. The van der Waals surface area contributed by atoms with E-state index in [0.717, 1.165) is 16.9 Å². The zero-order valence-corrected chi connectivity index (χ0v) is 17.8. The maximum atomic E-state index is 12.5. The highest BCUT2D eigenvalue weighted by atomic mass is 32.1. The maximum Gasteiger partial charge on any atom is 0.230 e. The summed E-state index contributed by atoms with van der Waals surface area (Å²) in [5.41, 5.74) is 3.43. The molecule has 0 spiro atoms. The molecule has 152 valence electrons. The zero-order chi connectivity index (χ0) is 20.8. The minimum atomic E-state index is -0.0890. The third kappa shape index (κ3) is 5.26. The number of aromatic nitrogens is 1. The van der Waals surface area contributed by atoms with Gasteiger partial charge in [-0.1, -0.05) is 32.0 Å². The molecule has 2 N–H and O–H groups in total.